The number of likely N-dealkylation sites (tertiary alicyclic amines) is 1. The molecule has 2 rings (SSSR count). The van der Waals surface area contributed by atoms with Gasteiger partial charge in [-0.05, 0) is 43.0 Å². The van der Waals surface area contributed by atoms with E-state index in [1.165, 1.54) is 4.90 Å². The summed E-state index contributed by atoms with van der Waals surface area (Å²) in [7, 11) is 0. The van der Waals surface area contributed by atoms with Crippen LogP contribution in [0.2, 0.25) is 5.02 Å². The number of benzene rings is 1. The summed E-state index contributed by atoms with van der Waals surface area (Å²) < 4.78 is 0. The zero-order chi connectivity index (χ0) is 14.0. The fraction of sp³-hybridized carbons (Fsp3) is 0.500. The molecule has 1 amide bonds. The van der Waals surface area contributed by atoms with Gasteiger partial charge in [-0.3, -0.25) is 0 Å². The van der Waals surface area contributed by atoms with Crippen molar-refractivity contribution >= 4 is 23.4 Å². The van der Waals surface area contributed by atoms with Crippen molar-refractivity contribution in [3.8, 4) is 0 Å². The van der Waals surface area contributed by atoms with Gasteiger partial charge < -0.3 is 15.3 Å². The largest absolute Gasteiger partial charge is 0.465 e. The topological polar surface area (TPSA) is 52.6 Å². The monoisotopic (exact) mass is 282 g/mol. The lowest BCUT2D eigenvalue weighted by Gasteiger charge is -2.36. The molecule has 2 atom stereocenters. The standard InChI is InChI=1S/C14H19ClN2O2/c1-9-7-11(15)3-4-12(9)16-13-5-6-17(14(18)19)8-10(13)2/h3-4,7,10,13,16H,5-6,8H2,1-2H3,(H,18,19)/t10-,13+/m0/s1. The van der Waals surface area contributed by atoms with E-state index >= 15 is 0 Å². The first-order chi connectivity index (χ1) is 8.97. The molecule has 1 aliphatic heterocycles. The number of hydrogen-bond donors (Lipinski definition) is 2. The second-order valence-electron chi connectivity index (χ2n) is 5.20. The van der Waals surface area contributed by atoms with Gasteiger partial charge >= 0.3 is 6.09 Å². The minimum atomic E-state index is -0.826. The Bertz CT molecular complexity index is 479. The molecule has 0 spiro atoms. The van der Waals surface area contributed by atoms with Gasteiger partial charge in [-0.2, -0.15) is 0 Å². The molecule has 0 aliphatic carbocycles. The van der Waals surface area contributed by atoms with E-state index in [2.05, 4.69) is 12.2 Å². The van der Waals surface area contributed by atoms with Crippen molar-refractivity contribution in [3.63, 3.8) is 0 Å². The first-order valence-corrected chi connectivity index (χ1v) is 6.85. The fourth-order valence-corrected chi connectivity index (χ4v) is 2.75. The molecular weight excluding hydrogens is 264 g/mol. The summed E-state index contributed by atoms with van der Waals surface area (Å²) in [5, 5.41) is 13.2. The van der Waals surface area contributed by atoms with Crippen LogP contribution in [-0.4, -0.2) is 35.2 Å². The Morgan fingerprint density at radius 3 is 2.84 bits per heavy atom. The quantitative estimate of drug-likeness (QED) is 0.873. The number of carbonyl (C=O) groups is 1. The third kappa shape index (κ3) is 3.32. The Morgan fingerprint density at radius 1 is 1.53 bits per heavy atom. The first kappa shape index (κ1) is 14.0. The van der Waals surface area contributed by atoms with Crippen LogP contribution in [0.25, 0.3) is 0 Å². The van der Waals surface area contributed by atoms with Crippen molar-refractivity contribution < 1.29 is 9.90 Å². The third-order valence-electron chi connectivity index (χ3n) is 3.71. The number of carboxylic acid groups (broad SMARTS) is 1. The van der Waals surface area contributed by atoms with Crippen LogP contribution in [0.5, 0.6) is 0 Å². The van der Waals surface area contributed by atoms with Crippen molar-refractivity contribution in [3.05, 3.63) is 28.8 Å². The van der Waals surface area contributed by atoms with E-state index in [0.29, 0.717) is 25.0 Å². The number of aryl methyl sites for hydroxylation is 1. The number of rotatable bonds is 2. The van der Waals surface area contributed by atoms with Gasteiger partial charge in [0.05, 0.1) is 0 Å². The van der Waals surface area contributed by atoms with Crippen LogP contribution in [0.15, 0.2) is 18.2 Å². The maximum Gasteiger partial charge on any atom is 0.407 e. The van der Waals surface area contributed by atoms with Gasteiger partial charge in [-0.25, -0.2) is 4.79 Å². The highest BCUT2D eigenvalue weighted by atomic mass is 35.5. The number of nitrogens with one attached hydrogen (secondary N) is 1. The fourth-order valence-electron chi connectivity index (χ4n) is 2.52. The molecule has 104 valence electrons. The average molecular weight is 283 g/mol. The minimum absolute atomic E-state index is 0.292. The number of piperidine rings is 1. The van der Waals surface area contributed by atoms with Crippen LogP contribution in [0.4, 0.5) is 10.5 Å². The van der Waals surface area contributed by atoms with Crippen molar-refractivity contribution in [1.82, 2.24) is 4.90 Å². The minimum Gasteiger partial charge on any atom is -0.465 e. The lowest BCUT2D eigenvalue weighted by atomic mass is 9.93. The summed E-state index contributed by atoms with van der Waals surface area (Å²) in [4.78, 5) is 12.4. The molecule has 1 aromatic rings. The molecule has 1 saturated heterocycles. The Balaban J connectivity index is 2.02. The van der Waals surface area contributed by atoms with E-state index in [0.717, 1.165) is 22.7 Å². The van der Waals surface area contributed by atoms with Gasteiger partial charge in [0.1, 0.15) is 0 Å². The molecule has 19 heavy (non-hydrogen) atoms. The summed E-state index contributed by atoms with van der Waals surface area (Å²) in [5.41, 5.74) is 2.19. The Hall–Kier alpha value is -1.42. The molecule has 0 unspecified atom stereocenters. The molecule has 2 N–H and O–H groups in total. The zero-order valence-electron chi connectivity index (χ0n) is 11.2. The molecule has 0 bridgehead atoms. The highest BCUT2D eigenvalue weighted by Gasteiger charge is 2.28. The van der Waals surface area contributed by atoms with Gasteiger partial charge in [-0.15, -0.1) is 0 Å². The Labute approximate surface area is 118 Å². The van der Waals surface area contributed by atoms with Crippen LogP contribution in [0.3, 0.4) is 0 Å². The lowest BCUT2D eigenvalue weighted by Crippen LogP contribution is -2.47. The summed E-state index contributed by atoms with van der Waals surface area (Å²) in [6.45, 7) is 5.27. The lowest BCUT2D eigenvalue weighted by molar-refractivity contribution is 0.119. The molecule has 0 radical (unpaired) electrons. The normalized spacial score (nSPS) is 23.2. The van der Waals surface area contributed by atoms with Gasteiger partial charge in [0.15, 0.2) is 0 Å². The smallest absolute Gasteiger partial charge is 0.407 e. The summed E-state index contributed by atoms with van der Waals surface area (Å²) in [6, 6.07) is 6.08. The molecule has 5 heteroatoms. The number of halogens is 1. The number of amides is 1. The predicted octanol–water partition coefficient (Wildman–Crippen LogP) is 3.45. The average Bonchev–Trinajstić information content (AvgIpc) is 2.34. The summed E-state index contributed by atoms with van der Waals surface area (Å²) in [6.07, 6.45) is 0.00295. The van der Waals surface area contributed by atoms with Crippen molar-refractivity contribution in [2.75, 3.05) is 18.4 Å². The first-order valence-electron chi connectivity index (χ1n) is 6.48. The van der Waals surface area contributed by atoms with Crippen LogP contribution in [-0.2, 0) is 0 Å². The molecule has 1 aromatic carbocycles. The Kier molecular flexibility index (Phi) is 4.20. The van der Waals surface area contributed by atoms with Crippen LogP contribution in [0.1, 0.15) is 18.9 Å². The highest BCUT2D eigenvalue weighted by molar-refractivity contribution is 6.30. The van der Waals surface area contributed by atoms with Gasteiger partial charge in [-0.1, -0.05) is 18.5 Å². The summed E-state index contributed by atoms with van der Waals surface area (Å²) >= 11 is 5.94. The van der Waals surface area contributed by atoms with Crippen molar-refractivity contribution in [1.29, 1.82) is 0 Å². The van der Waals surface area contributed by atoms with E-state index in [-0.39, 0.29) is 0 Å². The van der Waals surface area contributed by atoms with Crippen molar-refractivity contribution in [2.24, 2.45) is 5.92 Å². The Morgan fingerprint density at radius 2 is 2.26 bits per heavy atom. The van der Waals surface area contributed by atoms with Crippen LogP contribution < -0.4 is 5.32 Å². The van der Waals surface area contributed by atoms with E-state index in [9.17, 15) is 4.79 Å². The predicted molar refractivity (Wildman–Crippen MR) is 77.0 cm³/mol. The second-order valence-corrected chi connectivity index (χ2v) is 5.64. The second kappa shape index (κ2) is 5.70. The van der Waals surface area contributed by atoms with Gasteiger partial charge in [0, 0.05) is 29.8 Å². The molecule has 1 heterocycles. The molecule has 0 aromatic heterocycles. The third-order valence-corrected chi connectivity index (χ3v) is 3.94. The molecule has 4 nitrogen and oxygen atoms in total. The van der Waals surface area contributed by atoms with Crippen LogP contribution in [0, 0.1) is 12.8 Å². The maximum absolute atomic E-state index is 10.9. The van der Waals surface area contributed by atoms with Gasteiger partial charge in [0.25, 0.3) is 0 Å². The molecule has 1 fully saturated rings. The molecule has 1 aliphatic rings. The van der Waals surface area contributed by atoms with E-state index in [4.69, 9.17) is 16.7 Å². The van der Waals surface area contributed by atoms with Crippen molar-refractivity contribution in [2.45, 2.75) is 26.3 Å². The maximum atomic E-state index is 10.9. The highest BCUT2D eigenvalue weighted by Crippen LogP contribution is 2.25. The van der Waals surface area contributed by atoms with E-state index < -0.39 is 6.09 Å². The zero-order valence-corrected chi connectivity index (χ0v) is 11.9. The molecule has 0 saturated carbocycles. The number of anilines is 1. The van der Waals surface area contributed by atoms with Crippen LogP contribution >= 0.6 is 11.6 Å². The number of hydrogen-bond acceptors (Lipinski definition) is 2. The summed E-state index contributed by atoms with van der Waals surface area (Å²) in [5.74, 6) is 0.292. The SMILES string of the molecule is Cc1cc(Cl)ccc1N[C@@H]1CCN(C(=O)O)C[C@@H]1C. The van der Waals surface area contributed by atoms with Gasteiger partial charge in [0.2, 0.25) is 0 Å². The van der Waals surface area contributed by atoms with E-state index in [1.54, 1.807) is 0 Å². The molecular formula is C14H19ClN2O2. The van der Waals surface area contributed by atoms with E-state index in [1.807, 2.05) is 25.1 Å². The number of nitrogens with zero attached hydrogens (tertiary/aromatic N) is 1.